The molecular weight excluding hydrogens is 334 g/mol. The van der Waals surface area contributed by atoms with Crippen LogP contribution in [-0.4, -0.2) is 12.2 Å². The normalized spacial score (nSPS) is 16.1. The number of amides is 1. The Morgan fingerprint density at radius 3 is 2.44 bits per heavy atom. The third kappa shape index (κ3) is 2.38. The van der Waals surface area contributed by atoms with Gasteiger partial charge >= 0.3 is 0 Å². The van der Waals surface area contributed by atoms with Crippen LogP contribution in [-0.2, 0) is 0 Å². The van der Waals surface area contributed by atoms with E-state index >= 15 is 0 Å². The van der Waals surface area contributed by atoms with E-state index in [1.807, 2.05) is 50.4 Å². The first kappa shape index (κ1) is 16.0. The molecular formula is C20H17NO3S. The first-order valence-electron chi connectivity index (χ1n) is 8.03. The van der Waals surface area contributed by atoms with Crippen LogP contribution < -0.4 is 10.7 Å². The van der Waals surface area contributed by atoms with E-state index in [-0.39, 0.29) is 17.1 Å². The van der Waals surface area contributed by atoms with Crippen LogP contribution in [0.1, 0.15) is 38.9 Å². The second-order valence-electron chi connectivity index (χ2n) is 6.24. The van der Waals surface area contributed by atoms with Crippen LogP contribution in [0, 0.1) is 13.8 Å². The molecule has 2 aromatic carbocycles. The van der Waals surface area contributed by atoms with E-state index in [0.29, 0.717) is 16.5 Å². The number of hydrogen-bond donors (Lipinski definition) is 1. The van der Waals surface area contributed by atoms with Gasteiger partial charge in [0.25, 0.3) is 5.91 Å². The SMILES string of the molecule is CSc1ccc(C2NC(=O)c3oc4c(C)c(C)ccc4c(=O)c32)cc1. The molecule has 4 nitrogen and oxygen atoms in total. The molecule has 1 unspecified atom stereocenters. The Morgan fingerprint density at radius 1 is 1.04 bits per heavy atom. The maximum Gasteiger partial charge on any atom is 0.288 e. The number of fused-ring (bicyclic) bond motifs is 2. The van der Waals surface area contributed by atoms with Gasteiger partial charge in [0, 0.05) is 4.90 Å². The van der Waals surface area contributed by atoms with Gasteiger partial charge < -0.3 is 9.73 Å². The molecule has 0 aliphatic carbocycles. The van der Waals surface area contributed by atoms with E-state index in [4.69, 9.17) is 4.42 Å². The van der Waals surface area contributed by atoms with E-state index in [1.165, 1.54) is 0 Å². The van der Waals surface area contributed by atoms with E-state index in [9.17, 15) is 9.59 Å². The Morgan fingerprint density at radius 2 is 1.76 bits per heavy atom. The van der Waals surface area contributed by atoms with Crippen LogP contribution in [0.2, 0.25) is 0 Å². The standard InChI is InChI=1S/C20H17NO3S/c1-10-4-9-14-17(22)15-16(12-5-7-13(25-3)8-6-12)21-20(23)19(15)24-18(14)11(10)2/h4-9,16H,1-3H3,(H,21,23). The molecule has 0 fully saturated rings. The third-order valence-corrected chi connectivity index (χ3v) is 5.58. The highest BCUT2D eigenvalue weighted by Gasteiger charge is 2.36. The smallest absolute Gasteiger partial charge is 0.288 e. The van der Waals surface area contributed by atoms with Gasteiger partial charge in [-0.05, 0) is 55.0 Å². The molecule has 1 aromatic heterocycles. The molecule has 1 aliphatic heterocycles. The lowest BCUT2D eigenvalue weighted by Gasteiger charge is -2.12. The summed E-state index contributed by atoms with van der Waals surface area (Å²) in [6.07, 6.45) is 2.01. The van der Waals surface area contributed by atoms with Crippen molar-refractivity contribution in [3.8, 4) is 0 Å². The molecule has 1 amide bonds. The molecule has 2 heterocycles. The van der Waals surface area contributed by atoms with Gasteiger partial charge in [0.1, 0.15) is 5.58 Å². The van der Waals surface area contributed by atoms with Gasteiger partial charge in [-0.1, -0.05) is 18.2 Å². The Hall–Kier alpha value is -2.53. The summed E-state index contributed by atoms with van der Waals surface area (Å²) >= 11 is 1.65. The van der Waals surface area contributed by atoms with Gasteiger partial charge in [0.2, 0.25) is 5.76 Å². The summed E-state index contributed by atoms with van der Waals surface area (Å²) in [6, 6.07) is 11.1. The van der Waals surface area contributed by atoms with Gasteiger partial charge in [-0.2, -0.15) is 0 Å². The van der Waals surface area contributed by atoms with Crippen LogP contribution in [0.15, 0.2) is 50.5 Å². The van der Waals surface area contributed by atoms with Crippen molar-refractivity contribution in [2.45, 2.75) is 24.8 Å². The highest BCUT2D eigenvalue weighted by atomic mass is 32.2. The number of carbonyl (C=O) groups excluding carboxylic acids is 1. The number of rotatable bonds is 2. The van der Waals surface area contributed by atoms with Crippen molar-refractivity contribution in [3.05, 3.63) is 74.6 Å². The molecule has 0 bridgehead atoms. The average Bonchev–Trinajstić information content (AvgIpc) is 2.96. The number of nitrogens with one attached hydrogen (secondary N) is 1. The van der Waals surface area contributed by atoms with Crippen molar-refractivity contribution in [2.24, 2.45) is 0 Å². The lowest BCUT2D eigenvalue weighted by molar-refractivity contribution is 0.0938. The molecule has 4 rings (SSSR count). The molecule has 0 saturated carbocycles. The Balaban J connectivity index is 1.96. The summed E-state index contributed by atoms with van der Waals surface area (Å²) in [6.45, 7) is 3.86. The lowest BCUT2D eigenvalue weighted by atomic mass is 9.98. The summed E-state index contributed by atoms with van der Waals surface area (Å²) in [5.41, 5.74) is 3.54. The monoisotopic (exact) mass is 351 g/mol. The first-order valence-corrected chi connectivity index (χ1v) is 9.25. The number of aryl methyl sites for hydroxylation is 2. The molecule has 3 aromatic rings. The summed E-state index contributed by atoms with van der Waals surface area (Å²) in [5.74, 6) is -0.209. The topological polar surface area (TPSA) is 59.3 Å². The van der Waals surface area contributed by atoms with Crippen LogP contribution in [0.5, 0.6) is 0 Å². The van der Waals surface area contributed by atoms with Crippen molar-refractivity contribution in [1.29, 1.82) is 0 Å². The first-order chi connectivity index (χ1) is 12.0. The molecule has 25 heavy (non-hydrogen) atoms. The third-order valence-electron chi connectivity index (χ3n) is 4.83. The highest BCUT2D eigenvalue weighted by molar-refractivity contribution is 7.98. The minimum Gasteiger partial charge on any atom is -0.450 e. The minimum atomic E-state index is -0.472. The van der Waals surface area contributed by atoms with E-state index in [1.54, 1.807) is 17.8 Å². The summed E-state index contributed by atoms with van der Waals surface area (Å²) in [5, 5.41) is 3.40. The van der Waals surface area contributed by atoms with Gasteiger partial charge in [-0.25, -0.2) is 0 Å². The van der Waals surface area contributed by atoms with Crippen molar-refractivity contribution in [3.63, 3.8) is 0 Å². The molecule has 0 spiro atoms. The average molecular weight is 351 g/mol. The minimum absolute atomic E-state index is 0.130. The molecule has 1 N–H and O–H groups in total. The van der Waals surface area contributed by atoms with Gasteiger partial charge in [-0.15, -0.1) is 11.8 Å². The predicted molar refractivity (Wildman–Crippen MR) is 99.5 cm³/mol. The summed E-state index contributed by atoms with van der Waals surface area (Å²) in [7, 11) is 0. The van der Waals surface area contributed by atoms with E-state index < -0.39 is 6.04 Å². The lowest BCUT2D eigenvalue weighted by Crippen LogP contribution is -2.21. The highest BCUT2D eigenvalue weighted by Crippen LogP contribution is 2.32. The van der Waals surface area contributed by atoms with Crippen molar-refractivity contribution in [1.82, 2.24) is 5.32 Å². The predicted octanol–water partition coefficient (Wildman–Crippen LogP) is 3.96. The number of thioether (sulfide) groups is 1. The van der Waals surface area contributed by atoms with Crippen LogP contribution in [0.3, 0.4) is 0 Å². The van der Waals surface area contributed by atoms with Crippen LogP contribution in [0.4, 0.5) is 0 Å². The second-order valence-corrected chi connectivity index (χ2v) is 7.12. The summed E-state index contributed by atoms with van der Waals surface area (Å²) < 4.78 is 5.89. The number of carbonyl (C=O) groups is 1. The van der Waals surface area contributed by atoms with Crippen LogP contribution >= 0.6 is 11.8 Å². The zero-order chi connectivity index (χ0) is 17.7. The molecule has 0 saturated heterocycles. The molecule has 0 radical (unpaired) electrons. The fraction of sp³-hybridized carbons (Fsp3) is 0.200. The maximum atomic E-state index is 13.1. The van der Waals surface area contributed by atoms with Gasteiger partial charge in [-0.3, -0.25) is 9.59 Å². The molecule has 1 atom stereocenters. The zero-order valence-corrected chi connectivity index (χ0v) is 15.0. The largest absolute Gasteiger partial charge is 0.450 e. The molecule has 5 heteroatoms. The fourth-order valence-electron chi connectivity index (χ4n) is 3.25. The Bertz CT molecular complexity index is 1070. The quantitative estimate of drug-likeness (QED) is 0.710. The Kier molecular flexibility index (Phi) is 3.69. The molecule has 126 valence electrons. The summed E-state index contributed by atoms with van der Waals surface area (Å²) in [4.78, 5) is 26.6. The molecule has 1 aliphatic rings. The van der Waals surface area contributed by atoms with Crippen molar-refractivity contribution >= 4 is 28.6 Å². The van der Waals surface area contributed by atoms with Crippen LogP contribution in [0.25, 0.3) is 11.0 Å². The van der Waals surface area contributed by atoms with E-state index in [2.05, 4.69) is 5.32 Å². The van der Waals surface area contributed by atoms with Crippen molar-refractivity contribution < 1.29 is 9.21 Å². The maximum absolute atomic E-state index is 13.1. The van der Waals surface area contributed by atoms with Gasteiger partial charge in [0.05, 0.1) is 17.0 Å². The fourth-order valence-corrected chi connectivity index (χ4v) is 3.66. The van der Waals surface area contributed by atoms with Gasteiger partial charge in [0.15, 0.2) is 5.43 Å². The van der Waals surface area contributed by atoms with Crippen molar-refractivity contribution in [2.75, 3.05) is 6.26 Å². The zero-order valence-electron chi connectivity index (χ0n) is 14.2. The number of hydrogen-bond acceptors (Lipinski definition) is 4. The number of benzene rings is 2. The Labute approximate surface area is 149 Å². The second kappa shape index (κ2) is 5.77. The van der Waals surface area contributed by atoms with E-state index in [0.717, 1.165) is 21.6 Å².